The molecule has 192 valence electrons. The van der Waals surface area contributed by atoms with Gasteiger partial charge in [-0.1, -0.05) is 6.07 Å². The monoisotopic (exact) mass is 543 g/mol. The first-order valence-corrected chi connectivity index (χ1v) is 14.5. The molecule has 3 heterocycles. The summed E-state index contributed by atoms with van der Waals surface area (Å²) in [6.45, 7) is 1.89. The quantitative estimate of drug-likeness (QED) is 0.195. The normalized spacial score (nSPS) is 16.4. The molecule has 3 aliphatic heterocycles. The van der Waals surface area contributed by atoms with Crippen LogP contribution < -0.4 is 30.6 Å². The van der Waals surface area contributed by atoms with Crippen LogP contribution in [-0.4, -0.2) is 39.0 Å². The van der Waals surface area contributed by atoms with Gasteiger partial charge in [-0.05, 0) is 43.2 Å². The molecule has 3 aliphatic rings. The number of benzene rings is 3. The maximum absolute atomic E-state index is 12.5. The van der Waals surface area contributed by atoms with E-state index in [2.05, 4.69) is 4.58 Å². The van der Waals surface area contributed by atoms with Gasteiger partial charge in [-0.25, -0.2) is 4.58 Å². The fourth-order valence-electron chi connectivity index (χ4n) is 5.63. The van der Waals surface area contributed by atoms with Gasteiger partial charge in [0.2, 0.25) is 5.36 Å². The highest BCUT2D eigenvalue weighted by Crippen LogP contribution is 2.41. The van der Waals surface area contributed by atoms with Gasteiger partial charge in [0, 0.05) is 46.4 Å². The molecule has 12 heteroatoms. The van der Waals surface area contributed by atoms with Crippen LogP contribution in [0.4, 0.5) is 0 Å². The minimum absolute atomic E-state index is 0.0674. The van der Waals surface area contributed by atoms with Crippen LogP contribution in [0.3, 0.4) is 0 Å². The zero-order valence-corrected chi connectivity index (χ0v) is 21.1. The lowest BCUT2D eigenvalue weighted by molar-refractivity contribution is 0.332. The van der Waals surface area contributed by atoms with Gasteiger partial charge in [-0.3, -0.25) is 9.11 Å². The van der Waals surface area contributed by atoms with E-state index >= 15 is 0 Å². The van der Waals surface area contributed by atoms with E-state index in [-0.39, 0.29) is 5.56 Å². The topological polar surface area (TPSA) is 156 Å². The van der Waals surface area contributed by atoms with Crippen molar-refractivity contribution in [3.63, 3.8) is 0 Å². The number of hydrogen-bond donors (Lipinski definition) is 3. The second-order valence-corrected chi connectivity index (χ2v) is 12.1. The fraction of sp³-hybridized carbons (Fsp3) is 0.240. The van der Waals surface area contributed by atoms with E-state index in [1.54, 1.807) is 18.2 Å². The molecule has 0 bridgehead atoms. The Morgan fingerprint density at radius 3 is 2.32 bits per heavy atom. The summed E-state index contributed by atoms with van der Waals surface area (Å²) in [5, 5.41) is 1.78. The summed E-state index contributed by atoms with van der Waals surface area (Å²) in [4.78, 5) is 3.59. The Balaban J connectivity index is 1.80. The van der Waals surface area contributed by atoms with Gasteiger partial charge in [0.25, 0.3) is 20.2 Å². The van der Waals surface area contributed by atoms with Gasteiger partial charge in [-0.2, -0.15) is 22.7 Å². The highest BCUT2D eigenvalue weighted by molar-refractivity contribution is 7.86. The molecule has 3 aromatic rings. The molecule has 6 rings (SSSR count). The van der Waals surface area contributed by atoms with Gasteiger partial charge in [-0.15, -0.1) is 0 Å². The predicted octanol–water partition coefficient (Wildman–Crippen LogP) is 1.17. The third-order valence-corrected chi connectivity index (χ3v) is 8.85. The molecular formula is C25H23N2O8S2+. The van der Waals surface area contributed by atoms with E-state index in [0.29, 0.717) is 33.6 Å². The molecular weight excluding hydrogens is 520 g/mol. The third-order valence-electron chi connectivity index (χ3n) is 7.11. The molecule has 0 fully saturated rings. The molecule has 0 atom stereocenters. The zero-order chi connectivity index (χ0) is 26.1. The summed E-state index contributed by atoms with van der Waals surface area (Å²) in [6, 6.07) is 9.96. The van der Waals surface area contributed by atoms with Crippen LogP contribution in [0.1, 0.15) is 35.1 Å². The summed E-state index contributed by atoms with van der Waals surface area (Å²) in [5.74, 6) is 6.64. The Labute approximate surface area is 212 Å². The Morgan fingerprint density at radius 1 is 0.892 bits per heavy atom. The van der Waals surface area contributed by atoms with E-state index in [9.17, 15) is 25.9 Å². The highest BCUT2D eigenvalue weighted by Gasteiger charge is 2.33. The molecule has 0 aromatic heterocycles. The number of rotatable bonds is 4. The van der Waals surface area contributed by atoms with Crippen LogP contribution in [0.5, 0.6) is 17.2 Å². The Kier molecular flexibility index (Phi) is 5.44. The maximum atomic E-state index is 12.5. The molecule has 0 unspecified atom stereocenters. The first kappa shape index (κ1) is 24.1. The first-order chi connectivity index (χ1) is 17.6. The fourth-order valence-corrected chi connectivity index (χ4v) is 6.93. The Hall–Kier alpha value is -3.29. The second-order valence-electron chi connectivity index (χ2n) is 9.29. The molecule has 0 saturated carbocycles. The number of ether oxygens (including phenoxy) is 1. The number of aryl methyl sites for hydroxylation is 1. The van der Waals surface area contributed by atoms with Gasteiger partial charge >= 0.3 is 0 Å². The van der Waals surface area contributed by atoms with E-state index in [4.69, 9.17) is 15.5 Å². The summed E-state index contributed by atoms with van der Waals surface area (Å²) in [5.41, 5.74) is 3.15. The Bertz CT molecular complexity index is 1840. The number of nitrogens with two attached hydrogens (primary N) is 1. The lowest BCUT2D eigenvalue weighted by atomic mass is 9.87. The molecule has 3 aromatic carbocycles. The van der Waals surface area contributed by atoms with E-state index in [0.717, 1.165) is 67.4 Å². The number of hydrogen-bond acceptors (Lipinski definition) is 7. The van der Waals surface area contributed by atoms with Crippen molar-refractivity contribution in [1.82, 2.24) is 4.58 Å². The summed E-state index contributed by atoms with van der Waals surface area (Å²) >= 11 is 0. The molecule has 37 heavy (non-hydrogen) atoms. The molecule has 0 spiro atoms. The molecule has 10 nitrogen and oxygen atoms in total. The van der Waals surface area contributed by atoms with Gasteiger partial charge in [0.05, 0.1) is 10.5 Å². The SMILES string of the molecule is NOc1ccc2c(c1)Oc1c3c4c(cc1=C2c1ccc(S(=O)(=O)O)cc1S(=O)(=O)O)CCC[N+]=4CCC3. The van der Waals surface area contributed by atoms with Crippen molar-refractivity contribution in [2.75, 3.05) is 13.1 Å². The highest BCUT2D eigenvalue weighted by atomic mass is 32.2. The largest absolute Gasteiger partial charge is 0.455 e. The summed E-state index contributed by atoms with van der Waals surface area (Å²) in [7, 11) is -9.63. The van der Waals surface area contributed by atoms with Crippen LogP contribution in [0.15, 0.2) is 52.3 Å². The van der Waals surface area contributed by atoms with Crippen molar-refractivity contribution in [2.45, 2.75) is 35.5 Å². The standard InChI is InChI=1S/C25H22N2O8S2/c26-35-15-5-7-17-21(12-15)34-25-19-4-2-10-27-9-1-3-14(24(19)27)11-20(25)23(17)18-8-6-16(36(28,29)30)13-22(18)37(31,32)33/h5-8,11-13H,1-4,9-10,26H2,(H-,28,29,30,31,32,33)/p+1. The van der Waals surface area contributed by atoms with Gasteiger partial charge in [0.15, 0.2) is 5.75 Å². The van der Waals surface area contributed by atoms with Gasteiger partial charge < -0.3 is 9.57 Å². The van der Waals surface area contributed by atoms with Crippen molar-refractivity contribution in [3.8, 4) is 17.2 Å². The molecule has 0 saturated heterocycles. The lowest BCUT2D eigenvalue weighted by Crippen LogP contribution is -2.45. The van der Waals surface area contributed by atoms with Crippen molar-refractivity contribution in [3.05, 3.63) is 75.3 Å². The van der Waals surface area contributed by atoms with Crippen LogP contribution in [0, 0.1) is 0 Å². The minimum atomic E-state index is -4.90. The smallest absolute Gasteiger partial charge is 0.295 e. The van der Waals surface area contributed by atoms with E-state index in [1.807, 2.05) is 6.07 Å². The van der Waals surface area contributed by atoms with Crippen molar-refractivity contribution in [2.24, 2.45) is 5.90 Å². The Morgan fingerprint density at radius 2 is 1.62 bits per heavy atom. The lowest BCUT2D eigenvalue weighted by Gasteiger charge is -2.27. The molecule has 0 aliphatic carbocycles. The van der Waals surface area contributed by atoms with Crippen molar-refractivity contribution >= 4 is 25.8 Å². The van der Waals surface area contributed by atoms with Crippen molar-refractivity contribution < 1.29 is 35.5 Å². The average Bonchev–Trinajstić information content (AvgIpc) is 2.86. The molecule has 0 amide bonds. The predicted molar refractivity (Wildman–Crippen MR) is 132 cm³/mol. The first-order valence-electron chi connectivity index (χ1n) is 11.7. The van der Waals surface area contributed by atoms with Crippen LogP contribution in [-0.2, 0) is 33.1 Å². The van der Waals surface area contributed by atoms with Crippen molar-refractivity contribution in [1.29, 1.82) is 0 Å². The van der Waals surface area contributed by atoms with E-state index < -0.39 is 30.0 Å². The number of nitrogens with zero attached hydrogens (tertiary/aromatic N) is 1. The maximum Gasteiger partial charge on any atom is 0.295 e. The van der Waals surface area contributed by atoms with Crippen LogP contribution in [0.25, 0.3) is 5.57 Å². The average molecular weight is 544 g/mol. The minimum Gasteiger partial charge on any atom is -0.455 e. The van der Waals surface area contributed by atoms with E-state index in [1.165, 1.54) is 6.07 Å². The zero-order valence-electron chi connectivity index (χ0n) is 19.5. The molecule has 0 radical (unpaired) electrons. The number of fused-ring (bicyclic) bond motifs is 3. The summed E-state index contributed by atoms with van der Waals surface area (Å²) < 4.78 is 76.9. The third kappa shape index (κ3) is 3.92. The van der Waals surface area contributed by atoms with Gasteiger partial charge in [0.1, 0.15) is 29.5 Å². The van der Waals surface area contributed by atoms with Crippen LogP contribution in [0.2, 0.25) is 0 Å². The summed E-state index contributed by atoms with van der Waals surface area (Å²) in [6.07, 6.45) is 3.53. The second kappa shape index (κ2) is 8.36. The molecule has 4 N–H and O–H groups in total. The van der Waals surface area contributed by atoms with Crippen LogP contribution >= 0.6 is 0 Å².